The molecule has 0 amide bonds. The Kier molecular flexibility index (Phi) is 4.73. The Morgan fingerprint density at radius 1 is 1.20 bits per heavy atom. The summed E-state index contributed by atoms with van der Waals surface area (Å²) in [5.41, 5.74) is 11.6. The maximum absolute atomic E-state index is 13.1. The number of nitrogens with zero attached hydrogens (tertiary/aromatic N) is 4. The van der Waals surface area contributed by atoms with Crippen LogP contribution < -0.4 is 4.74 Å². The number of carbonyl (C=O) groups is 1. The first kappa shape index (κ1) is 16.6. The number of rotatable bonds is 6. The van der Waals surface area contributed by atoms with E-state index in [2.05, 4.69) is 10.0 Å². The molecule has 126 valence electrons. The Hall–Kier alpha value is -3.24. The van der Waals surface area contributed by atoms with E-state index in [1.54, 1.807) is 31.4 Å². The van der Waals surface area contributed by atoms with Crippen LogP contribution in [0.1, 0.15) is 21.6 Å². The van der Waals surface area contributed by atoms with Crippen LogP contribution in [-0.2, 0) is 6.54 Å². The summed E-state index contributed by atoms with van der Waals surface area (Å²) in [6.45, 7) is 2.80. The summed E-state index contributed by atoms with van der Waals surface area (Å²) >= 11 is 0. The number of hydrogen-bond acceptors (Lipinski definition) is 3. The first-order valence-corrected chi connectivity index (χ1v) is 7.94. The molecule has 6 nitrogen and oxygen atoms in total. The minimum absolute atomic E-state index is 0.0288. The topological polar surface area (TPSA) is 80.0 Å². The zero-order valence-corrected chi connectivity index (χ0v) is 14.1. The Bertz CT molecular complexity index is 967. The maximum atomic E-state index is 13.1. The van der Waals surface area contributed by atoms with Crippen LogP contribution in [0, 0.1) is 6.92 Å². The van der Waals surface area contributed by atoms with E-state index in [1.807, 2.05) is 35.8 Å². The van der Waals surface area contributed by atoms with Crippen LogP contribution in [0.3, 0.4) is 0 Å². The number of hydrogen-bond donors (Lipinski definition) is 0. The molecule has 0 atom stereocenters. The van der Waals surface area contributed by atoms with Crippen molar-refractivity contribution < 1.29 is 9.53 Å². The highest BCUT2D eigenvalue weighted by molar-refractivity contribution is 6.17. The zero-order valence-electron chi connectivity index (χ0n) is 14.1. The van der Waals surface area contributed by atoms with Crippen LogP contribution >= 0.6 is 0 Å². The molecule has 0 bridgehead atoms. The predicted octanol–water partition coefficient (Wildman–Crippen LogP) is 4.50. The third-order valence-corrected chi connectivity index (χ3v) is 4.30. The van der Waals surface area contributed by atoms with Gasteiger partial charge in [0.25, 0.3) is 0 Å². The quantitative estimate of drug-likeness (QED) is 0.288. The molecule has 0 radical (unpaired) electrons. The normalized spacial score (nSPS) is 10.5. The van der Waals surface area contributed by atoms with Crippen molar-refractivity contribution in [2.24, 2.45) is 5.11 Å². The zero-order chi connectivity index (χ0) is 17.8. The van der Waals surface area contributed by atoms with E-state index in [1.165, 1.54) is 0 Å². The van der Waals surface area contributed by atoms with E-state index in [9.17, 15) is 4.79 Å². The van der Waals surface area contributed by atoms with Crippen LogP contribution in [0.4, 0.5) is 0 Å². The molecule has 0 fully saturated rings. The molecule has 0 unspecified atom stereocenters. The van der Waals surface area contributed by atoms with E-state index in [-0.39, 0.29) is 5.78 Å². The molecular formula is C19H18N4O2. The average Bonchev–Trinajstić information content (AvgIpc) is 2.93. The van der Waals surface area contributed by atoms with Gasteiger partial charge in [0, 0.05) is 40.2 Å². The van der Waals surface area contributed by atoms with Crippen LogP contribution in [0.25, 0.3) is 21.3 Å². The lowest BCUT2D eigenvalue weighted by Crippen LogP contribution is -2.07. The summed E-state index contributed by atoms with van der Waals surface area (Å²) in [6, 6.07) is 14.9. The third-order valence-electron chi connectivity index (χ3n) is 4.30. The van der Waals surface area contributed by atoms with Crippen molar-refractivity contribution in [2.75, 3.05) is 13.7 Å². The third kappa shape index (κ3) is 3.07. The highest BCUT2D eigenvalue weighted by atomic mass is 16.5. The predicted molar refractivity (Wildman–Crippen MR) is 97.1 cm³/mol. The van der Waals surface area contributed by atoms with Crippen molar-refractivity contribution in [3.8, 4) is 5.75 Å². The number of methoxy groups -OCH3 is 1. The molecule has 3 rings (SSSR count). The summed E-state index contributed by atoms with van der Waals surface area (Å²) in [5.74, 6) is 0.684. The monoisotopic (exact) mass is 334 g/mol. The van der Waals surface area contributed by atoms with Crippen LogP contribution in [0.15, 0.2) is 53.6 Å². The summed E-state index contributed by atoms with van der Waals surface area (Å²) in [4.78, 5) is 15.9. The van der Waals surface area contributed by atoms with Gasteiger partial charge in [0.15, 0.2) is 5.78 Å². The molecule has 0 aliphatic carbocycles. The van der Waals surface area contributed by atoms with Crippen molar-refractivity contribution >= 4 is 16.7 Å². The summed E-state index contributed by atoms with van der Waals surface area (Å²) in [5, 5.41) is 4.51. The second-order valence-electron chi connectivity index (χ2n) is 5.64. The number of azide groups is 1. The van der Waals surface area contributed by atoms with Crippen molar-refractivity contribution in [2.45, 2.75) is 13.5 Å². The van der Waals surface area contributed by atoms with E-state index in [0.717, 1.165) is 16.6 Å². The van der Waals surface area contributed by atoms with Crippen molar-refractivity contribution in [1.29, 1.82) is 0 Å². The maximum Gasteiger partial charge on any atom is 0.195 e. The Labute approximate surface area is 145 Å². The lowest BCUT2D eigenvalue weighted by Gasteiger charge is -2.07. The molecule has 0 saturated carbocycles. The molecule has 2 aromatic carbocycles. The smallest absolute Gasteiger partial charge is 0.195 e. The Morgan fingerprint density at radius 3 is 2.60 bits per heavy atom. The largest absolute Gasteiger partial charge is 0.497 e. The minimum atomic E-state index is -0.0288. The Morgan fingerprint density at radius 2 is 1.92 bits per heavy atom. The van der Waals surface area contributed by atoms with Crippen LogP contribution in [-0.4, -0.2) is 24.0 Å². The first-order chi connectivity index (χ1) is 12.2. The SMILES string of the molecule is COc1ccc(C(=O)c2c(C)n(CCN=[N+]=[N-])c3ccccc23)cc1. The fourth-order valence-corrected chi connectivity index (χ4v) is 3.08. The van der Waals surface area contributed by atoms with Gasteiger partial charge in [-0.1, -0.05) is 23.3 Å². The van der Waals surface area contributed by atoms with Gasteiger partial charge in [-0.2, -0.15) is 0 Å². The average molecular weight is 334 g/mol. The van der Waals surface area contributed by atoms with Crippen molar-refractivity contribution in [1.82, 2.24) is 4.57 Å². The Balaban J connectivity index is 2.09. The number of para-hydroxylation sites is 1. The summed E-state index contributed by atoms with van der Waals surface area (Å²) in [7, 11) is 1.60. The second-order valence-corrected chi connectivity index (χ2v) is 5.64. The molecule has 6 heteroatoms. The van der Waals surface area contributed by atoms with Gasteiger partial charge in [0.05, 0.1) is 12.7 Å². The van der Waals surface area contributed by atoms with Crippen LogP contribution in [0.2, 0.25) is 0 Å². The molecule has 0 spiro atoms. The summed E-state index contributed by atoms with van der Waals surface area (Å²) in [6.07, 6.45) is 0. The fraction of sp³-hybridized carbons (Fsp3) is 0.211. The van der Waals surface area contributed by atoms with Gasteiger partial charge in [0.2, 0.25) is 0 Å². The fourth-order valence-electron chi connectivity index (χ4n) is 3.08. The van der Waals surface area contributed by atoms with Crippen molar-refractivity contribution in [3.05, 3.63) is 75.8 Å². The molecular weight excluding hydrogens is 316 g/mol. The van der Waals surface area contributed by atoms with Gasteiger partial charge in [-0.05, 0) is 42.8 Å². The molecule has 1 aromatic heterocycles. The molecule has 0 saturated heterocycles. The molecule has 0 aliphatic heterocycles. The number of ketones is 1. The molecule has 1 heterocycles. The van der Waals surface area contributed by atoms with Gasteiger partial charge in [-0.15, -0.1) is 0 Å². The highest BCUT2D eigenvalue weighted by Gasteiger charge is 2.20. The molecule has 0 N–H and O–H groups in total. The molecule has 3 aromatic rings. The number of benzene rings is 2. The van der Waals surface area contributed by atoms with Crippen molar-refractivity contribution in [3.63, 3.8) is 0 Å². The number of ether oxygens (including phenoxy) is 1. The van der Waals surface area contributed by atoms with E-state index in [0.29, 0.717) is 30.0 Å². The van der Waals surface area contributed by atoms with Gasteiger partial charge >= 0.3 is 0 Å². The lowest BCUT2D eigenvalue weighted by atomic mass is 10.0. The van der Waals surface area contributed by atoms with E-state index in [4.69, 9.17) is 10.3 Å². The summed E-state index contributed by atoms with van der Waals surface area (Å²) < 4.78 is 7.18. The standard InChI is InChI=1S/C19H18N4O2/c1-13-18(19(24)14-7-9-15(25-2)10-8-14)16-5-3-4-6-17(16)23(13)12-11-21-22-20/h3-10H,11-12H2,1-2H3. The van der Waals surface area contributed by atoms with Gasteiger partial charge in [-0.3, -0.25) is 4.79 Å². The van der Waals surface area contributed by atoms with Gasteiger partial charge in [-0.25, -0.2) is 0 Å². The first-order valence-electron chi connectivity index (χ1n) is 7.94. The van der Waals surface area contributed by atoms with Gasteiger partial charge in [0.1, 0.15) is 5.75 Å². The minimum Gasteiger partial charge on any atom is -0.497 e. The lowest BCUT2D eigenvalue weighted by molar-refractivity contribution is 0.103. The van der Waals surface area contributed by atoms with E-state index >= 15 is 0 Å². The number of fused-ring (bicyclic) bond motifs is 1. The number of carbonyl (C=O) groups excluding carboxylic acids is 1. The highest BCUT2D eigenvalue weighted by Crippen LogP contribution is 2.28. The number of aromatic nitrogens is 1. The molecule has 0 aliphatic rings. The van der Waals surface area contributed by atoms with Crippen LogP contribution in [0.5, 0.6) is 5.75 Å². The van der Waals surface area contributed by atoms with E-state index < -0.39 is 0 Å². The van der Waals surface area contributed by atoms with Gasteiger partial charge < -0.3 is 9.30 Å². The molecule has 25 heavy (non-hydrogen) atoms. The second kappa shape index (κ2) is 7.11.